The Bertz CT molecular complexity index is 419. The molecule has 0 aliphatic carbocycles. The van der Waals surface area contributed by atoms with Gasteiger partial charge < -0.3 is 9.47 Å². The molecule has 8 heteroatoms. The molecule has 17 heavy (non-hydrogen) atoms. The van der Waals surface area contributed by atoms with Gasteiger partial charge in [0, 0.05) is 0 Å². The van der Waals surface area contributed by atoms with Gasteiger partial charge in [0.2, 0.25) is 0 Å². The Morgan fingerprint density at radius 2 is 2.06 bits per heavy atom. The summed E-state index contributed by atoms with van der Waals surface area (Å²) >= 11 is 0. The number of nitro groups is 1. The number of benzene rings is 1. The molecule has 0 aromatic heterocycles. The summed E-state index contributed by atoms with van der Waals surface area (Å²) in [4.78, 5) is 9.76. The van der Waals surface area contributed by atoms with Gasteiger partial charge in [0.1, 0.15) is 5.75 Å². The maximum Gasteiger partial charge on any atom is 0.573 e. The second-order valence-corrected chi connectivity index (χ2v) is 2.87. The second kappa shape index (κ2) is 4.89. The summed E-state index contributed by atoms with van der Waals surface area (Å²) in [6.07, 6.45) is -4.89. The first-order valence-corrected chi connectivity index (χ1v) is 4.50. The van der Waals surface area contributed by atoms with Crippen LogP contribution in [-0.4, -0.2) is 17.9 Å². The summed E-state index contributed by atoms with van der Waals surface area (Å²) in [7, 11) is 0. The zero-order valence-electron chi connectivity index (χ0n) is 8.65. The second-order valence-electron chi connectivity index (χ2n) is 2.87. The molecule has 1 aromatic rings. The maximum absolute atomic E-state index is 11.9. The molecule has 5 nitrogen and oxygen atoms in total. The van der Waals surface area contributed by atoms with Gasteiger partial charge in [0.15, 0.2) is 5.75 Å². The van der Waals surface area contributed by atoms with Gasteiger partial charge in [-0.25, -0.2) is 0 Å². The van der Waals surface area contributed by atoms with Gasteiger partial charge in [-0.15, -0.1) is 13.2 Å². The average Bonchev–Trinajstić information content (AvgIpc) is 2.18. The lowest BCUT2D eigenvalue weighted by Crippen LogP contribution is -2.17. The molecule has 0 unspecified atom stereocenters. The highest BCUT2D eigenvalue weighted by atomic mass is 19.4. The fraction of sp³-hybridized carbons (Fsp3) is 0.333. The first-order chi connectivity index (χ1) is 7.83. The molecule has 0 aliphatic rings. The molecule has 0 fully saturated rings. The third kappa shape index (κ3) is 3.82. The van der Waals surface area contributed by atoms with Gasteiger partial charge in [-0.3, -0.25) is 10.1 Å². The van der Waals surface area contributed by atoms with Crippen LogP contribution >= 0.6 is 0 Å². The summed E-state index contributed by atoms with van der Waals surface area (Å²) in [6, 6.07) is 2.67. The molecule has 0 saturated carbocycles. The third-order valence-electron chi connectivity index (χ3n) is 1.66. The van der Waals surface area contributed by atoms with Crippen LogP contribution in [0.2, 0.25) is 0 Å². The molecule has 94 valence electrons. The number of nitrogens with zero attached hydrogens (tertiary/aromatic N) is 1. The van der Waals surface area contributed by atoms with Crippen LogP contribution in [0.1, 0.15) is 6.92 Å². The number of nitro benzene ring substituents is 1. The van der Waals surface area contributed by atoms with Crippen LogP contribution in [0.15, 0.2) is 18.2 Å². The maximum atomic E-state index is 11.9. The van der Waals surface area contributed by atoms with Gasteiger partial charge in [-0.2, -0.15) is 0 Å². The Kier molecular flexibility index (Phi) is 3.77. The summed E-state index contributed by atoms with van der Waals surface area (Å²) in [5.74, 6) is -0.764. The minimum atomic E-state index is -4.89. The standard InChI is InChI=1S/C9H8F3NO4/c1-2-16-8-4-3-6(17-9(10,11)12)5-7(8)13(14)15/h3-5H,2H2,1H3. The minimum Gasteiger partial charge on any atom is -0.487 e. The van der Waals surface area contributed by atoms with Crippen LogP contribution in [0.5, 0.6) is 11.5 Å². The molecule has 0 heterocycles. The van der Waals surface area contributed by atoms with Crippen molar-refractivity contribution in [1.29, 1.82) is 0 Å². The Morgan fingerprint density at radius 1 is 1.41 bits per heavy atom. The van der Waals surface area contributed by atoms with E-state index in [1.807, 2.05) is 0 Å². The van der Waals surface area contributed by atoms with Crippen molar-refractivity contribution in [3.8, 4) is 11.5 Å². The van der Waals surface area contributed by atoms with E-state index in [0.29, 0.717) is 6.07 Å². The number of hydrogen-bond acceptors (Lipinski definition) is 4. The van der Waals surface area contributed by atoms with Gasteiger partial charge in [0.05, 0.1) is 17.6 Å². The van der Waals surface area contributed by atoms with Crippen LogP contribution in [0.25, 0.3) is 0 Å². The van der Waals surface area contributed by atoms with E-state index < -0.39 is 22.7 Å². The molecule has 0 spiro atoms. The van der Waals surface area contributed by atoms with Crippen molar-refractivity contribution in [2.45, 2.75) is 13.3 Å². The van der Waals surface area contributed by atoms with Gasteiger partial charge in [-0.1, -0.05) is 0 Å². The molecular weight excluding hydrogens is 243 g/mol. The van der Waals surface area contributed by atoms with Crippen molar-refractivity contribution < 1.29 is 27.6 Å². The number of hydrogen-bond donors (Lipinski definition) is 0. The quantitative estimate of drug-likeness (QED) is 0.609. The average molecular weight is 251 g/mol. The summed E-state index contributed by atoms with van der Waals surface area (Å²) in [6.45, 7) is 1.77. The van der Waals surface area contributed by atoms with Crippen molar-refractivity contribution >= 4 is 5.69 Å². The fourth-order valence-electron chi connectivity index (χ4n) is 1.11. The van der Waals surface area contributed by atoms with Crippen molar-refractivity contribution in [2.75, 3.05) is 6.61 Å². The van der Waals surface area contributed by atoms with Crippen molar-refractivity contribution in [3.63, 3.8) is 0 Å². The van der Waals surface area contributed by atoms with E-state index in [-0.39, 0.29) is 12.4 Å². The number of rotatable bonds is 4. The van der Waals surface area contributed by atoms with E-state index in [2.05, 4.69) is 4.74 Å². The van der Waals surface area contributed by atoms with Crippen LogP contribution in [0.4, 0.5) is 18.9 Å². The Morgan fingerprint density at radius 3 is 2.53 bits per heavy atom. The molecule has 0 atom stereocenters. The summed E-state index contributed by atoms with van der Waals surface area (Å²) in [5, 5.41) is 10.6. The van der Waals surface area contributed by atoms with E-state index in [9.17, 15) is 23.3 Å². The van der Waals surface area contributed by atoms with E-state index >= 15 is 0 Å². The summed E-state index contributed by atoms with van der Waals surface area (Å²) < 4.78 is 44.2. The SMILES string of the molecule is CCOc1ccc(OC(F)(F)F)cc1[N+](=O)[O-]. The van der Waals surface area contributed by atoms with E-state index in [1.54, 1.807) is 6.92 Å². The number of halogens is 3. The largest absolute Gasteiger partial charge is 0.573 e. The van der Waals surface area contributed by atoms with E-state index in [4.69, 9.17) is 4.74 Å². The van der Waals surface area contributed by atoms with Crippen molar-refractivity contribution in [1.82, 2.24) is 0 Å². The van der Waals surface area contributed by atoms with Crippen LogP contribution < -0.4 is 9.47 Å². The summed E-state index contributed by atoms with van der Waals surface area (Å²) in [5.41, 5.74) is -0.575. The molecule has 0 N–H and O–H groups in total. The van der Waals surface area contributed by atoms with Crippen LogP contribution in [0.3, 0.4) is 0 Å². The molecule has 0 aliphatic heterocycles. The molecular formula is C9H8F3NO4. The highest BCUT2D eigenvalue weighted by molar-refractivity contribution is 5.50. The topological polar surface area (TPSA) is 61.6 Å². The van der Waals surface area contributed by atoms with Gasteiger partial charge in [-0.05, 0) is 19.1 Å². The van der Waals surface area contributed by atoms with Gasteiger partial charge in [0.25, 0.3) is 0 Å². The third-order valence-corrected chi connectivity index (χ3v) is 1.66. The Hall–Kier alpha value is -1.99. The fourth-order valence-corrected chi connectivity index (χ4v) is 1.11. The molecule has 0 amide bonds. The van der Waals surface area contributed by atoms with Gasteiger partial charge >= 0.3 is 12.0 Å². The van der Waals surface area contributed by atoms with E-state index in [0.717, 1.165) is 12.1 Å². The predicted molar refractivity (Wildman–Crippen MR) is 50.9 cm³/mol. The highest BCUT2D eigenvalue weighted by Gasteiger charge is 2.32. The lowest BCUT2D eigenvalue weighted by Gasteiger charge is -2.10. The monoisotopic (exact) mass is 251 g/mol. The lowest BCUT2D eigenvalue weighted by molar-refractivity contribution is -0.386. The number of alkyl halides is 3. The van der Waals surface area contributed by atoms with E-state index in [1.165, 1.54) is 0 Å². The van der Waals surface area contributed by atoms with Crippen LogP contribution in [-0.2, 0) is 0 Å². The smallest absolute Gasteiger partial charge is 0.487 e. The molecule has 0 bridgehead atoms. The zero-order chi connectivity index (χ0) is 13.1. The molecule has 0 saturated heterocycles. The Balaban J connectivity index is 3.05. The number of ether oxygens (including phenoxy) is 2. The highest BCUT2D eigenvalue weighted by Crippen LogP contribution is 2.33. The lowest BCUT2D eigenvalue weighted by atomic mass is 10.3. The normalized spacial score (nSPS) is 11.1. The van der Waals surface area contributed by atoms with Crippen molar-refractivity contribution in [2.24, 2.45) is 0 Å². The first-order valence-electron chi connectivity index (χ1n) is 4.50. The molecule has 1 aromatic carbocycles. The van der Waals surface area contributed by atoms with Crippen molar-refractivity contribution in [3.05, 3.63) is 28.3 Å². The predicted octanol–water partition coefficient (Wildman–Crippen LogP) is 2.89. The molecule has 0 radical (unpaired) electrons. The minimum absolute atomic E-state index is 0.105. The first kappa shape index (κ1) is 13.1. The Labute approximate surface area is 93.9 Å². The zero-order valence-corrected chi connectivity index (χ0v) is 8.65. The van der Waals surface area contributed by atoms with Crippen LogP contribution in [0, 0.1) is 10.1 Å². The molecule has 1 rings (SSSR count).